The molecule has 146 valence electrons. The summed E-state index contributed by atoms with van der Waals surface area (Å²) >= 11 is 2.21. The maximum absolute atomic E-state index is 13.0. The third-order valence-corrected chi connectivity index (χ3v) is 6.37. The van der Waals surface area contributed by atoms with Crippen LogP contribution in [0.5, 0.6) is 0 Å². The van der Waals surface area contributed by atoms with Gasteiger partial charge in [0.2, 0.25) is 15.9 Å². The second kappa shape index (κ2) is 8.60. The molecule has 1 unspecified atom stereocenters. The number of hydrogen-bond donors (Lipinski definition) is 1. The molecule has 2 aromatic carbocycles. The smallest absolute Gasteiger partial charge is 0.248 e. The van der Waals surface area contributed by atoms with Gasteiger partial charge in [0.05, 0.1) is 11.9 Å². The molecule has 7 heteroatoms. The van der Waals surface area contributed by atoms with E-state index in [1.807, 2.05) is 58.0 Å². The molecule has 0 bridgehead atoms. The minimum absolute atomic E-state index is 0.342. The van der Waals surface area contributed by atoms with Crippen LogP contribution >= 0.6 is 22.6 Å². The number of sulfonamides is 1. The monoisotopic (exact) mass is 500 g/mol. The van der Waals surface area contributed by atoms with E-state index in [-0.39, 0.29) is 5.91 Å². The van der Waals surface area contributed by atoms with E-state index in [1.54, 1.807) is 6.07 Å². The quantitative estimate of drug-likeness (QED) is 0.599. The maximum Gasteiger partial charge on any atom is 0.248 e. The van der Waals surface area contributed by atoms with E-state index >= 15 is 0 Å². The van der Waals surface area contributed by atoms with Gasteiger partial charge in [-0.2, -0.15) is 0 Å². The molecule has 0 heterocycles. The number of rotatable bonds is 6. The Kier molecular flexibility index (Phi) is 6.91. The topological polar surface area (TPSA) is 66.5 Å². The molecular weight excluding hydrogens is 475 g/mol. The van der Waals surface area contributed by atoms with Crippen molar-refractivity contribution in [1.29, 1.82) is 0 Å². The van der Waals surface area contributed by atoms with Crippen molar-refractivity contribution in [3.63, 3.8) is 0 Å². The summed E-state index contributed by atoms with van der Waals surface area (Å²) in [5, 5.41) is 2.89. The number of carbonyl (C=O) groups excluding carboxylic acids is 1. The van der Waals surface area contributed by atoms with Crippen molar-refractivity contribution in [2.45, 2.75) is 40.2 Å². The first-order chi connectivity index (χ1) is 12.5. The van der Waals surface area contributed by atoms with Gasteiger partial charge in [-0.3, -0.25) is 9.10 Å². The van der Waals surface area contributed by atoms with Crippen molar-refractivity contribution < 1.29 is 13.2 Å². The van der Waals surface area contributed by atoms with E-state index in [9.17, 15) is 13.2 Å². The van der Waals surface area contributed by atoms with Gasteiger partial charge in [-0.25, -0.2) is 8.42 Å². The zero-order valence-corrected chi connectivity index (χ0v) is 19.2. The lowest BCUT2D eigenvalue weighted by atomic mass is 10.1. The zero-order valence-electron chi connectivity index (χ0n) is 16.2. The third-order valence-electron chi connectivity index (χ3n) is 4.52. The van der Waals surface area contributed by atoms with Crippen LogP contribution in [0, 0.1) is 24.3 Å². The molecular formula is C20H25IN2O3S. The number of halogens is 1. The standard InChI is InChI=1S/C20H25IN2O3S/c1-6-19(20(24)22-18-10-8-16(21)11-15(18)4)23(27(5,25)26)17-9-7-13(2)14(3)12-17/h7-12,19H,6H2,1-5H3,(H,22,24). The van der Waals surface area contributed by atoms with Crippen LogP contribution in [0.4, 0.5) is 11.4 Å². The third kappa shape index (κ3) is 5.22. The van der Waals surface area contributed by atoms with Gasteiger partial charge in [-0.15, -0.1) is 0 Å². The molecule has 5 nitrogen and oxygen atoms in total. The molecule has 0 radical (unpaired) electrons. The van der Waals surface area contributed by atoms with Crippen LogP contribution in [-0.4, -0.2) is 26.6 Å². The molecule has 1 amide bonds. The Morgan fingerprint density at radius 2 is 1.74 bits per heavy atom. The first kappa shape index (κ1) is 21.7. The second-order valence-electron chi connectivity index (χ2n) is 6.70. The van der Waals surface area contributed by atoms with Crippen LogP contribution < -0.4 is 9.62 Å². The number of benzene rings is 2. The normalized spacial score (nSPS) is 12.5. The van der Waals surface area contributed by atoms with Gasteiger partial charge in [0, 0.05) is 9.26 Å². The maximum atomic E-state index is 13.0. The van der Waals surface area contributed by atoms with Crippen LogP contribution in [0.3, 0.4) is 0 Å². The van der Waals surface area contributed by atoms with Gasteiger partial charge in [0.1, 0.15) is 6.04 Å². The largest absolute Gasteiger partial charge is 0.324 e. The second-order valence-corrected chi connectivity index (χ2v) is 9.80. The molecule has 2 aromatic rings. The van der Waals surface area contributed by atoms with E-state index in [4.69, 9.17) is 0 Å². The number of hydrogen-bond acceptors (Lipinski definition) is 3. The number of amides is 1. The molecule has 0 saturated heterocycles. The van der Waals surface area contributed by atoms with E-state index in [1.165, 1.54) is 4.31 Å². The summed E-state index contributed by atoms with van der Waals surface area (Å²) < 4.78 is 27.4. The Balaban J connectivity index is 2.42. The predicted octanol–water partition coefficient (Wildman–Crippen LogP) is 4.40. The average Bonchev–Trinajstić information content (AvgIpc) is 2.56. The number of anilines is 2. The molecule has 0 aliphatic rings. The number of carbonyl (C=O) groups is 1. The van der Waals surface area contributed by atoms with Gasteiger partial charge in [0.15, 0.2) is 0 Å². The fourth-order valence-electron chi connectivity index (χ4n) is 2.91. The Labute approximate surface area is 175 Å². The molecule has 0 aromatic heterocycles. The van der Waals surface area contributed by atoms with Gasteiger partial charge in [0.25, 0.3) is 0 Å². The fraction of sp³-hybridized carbons (Fsp3) is 0.350. The Hall–Kier alpha value is -1.61. The highest BCUT2D eigenvalue weighted by Crippen LogP contribution is 2.26. The van der Waals surface area contributed by atoms with E-state index in [2.05, 4.69) is 27.9 Å². The Morgan fingerprint density at radius 1 is 1.07 bits per heavy atom. The number of nitrogens with one attached hydrogen (secondary N) is 1. The van der Waals surface area contributed by atoms with Crippen molar-refractivity contribution in [2.75, 3.05) is 15.9 Å². The van der Waals surface area contributed by atoms with Crippen molar-refractivity contribution in [3.8, 4) is 0 Å². The minimum Gasteiger partial charge on any atom is -0.324 e. The first-order valence-electron chi connectivity index (χ1n) is 8.68. The zero-order chi connectivity index (χ0) is 20.4. The first-order valence-corrected chi connectivity index (χ1v) is 11.6. The molecule has 0 aliphatic carbocycles. The highest BCUT2D eigenvalue weighted by molar-refractivity contribution is 14.1. The molecule has 2 rings (SSSR count). The summed E-state index contributed by atoms with van der Waals surface area (Å²) in [6, 6.07) is 10.3. The van der Waals surface area contributed by atoms with Crippen LogP contribution in [0.15, 0.2) is 36.4 Å². The van der Waals surface area contributed by atoms with Gasteiger partial charge in [-0.1, -0.05) is 13.0 Å². The molecule has 0 saturated carbocycles. The molecule has 0 aliphatic heterocycles. The van der Waals surface area contributed by atoms with E-state index in [0.29, 0.717) is 17.8 Å². The average molecular weight is 500 g/mol. The predicted molar refractivity (Wildman–Crippen MR) is 120 cm³/mol. The van der Waals surface area contributed by atoms with E-state index in [0.717, 1.165) is 26.5 Å². The van der Waals surface area contributed by atoms with Crippen LogP contribution in [-0.2, 0) is 14.8 Å². The van der Waals surface area contributed by atoms with Gasteiger partial charge < -0.3 is 5.32 Å². The lowest BCUT2D eigenvalue weighted by molar-refractivity contribution is -0.117. The van der Waals surface area contributed by atoms with Crippen LogP contribution in [0.1, 0.15) is 30.0 Å². The highest BCUT2D eigenvalue weighted by Gasteiger charge is 2.31. The molecule has 27 heavy (non-hydrogen) atoms. The summed E-state index contributed by atoms with van der Waals surface area (Å²) in [5.74, 6) is -0.342. The number of nitrogens with zero attached hydrogens (tertiary/aromatic N) is 1. The minimum atomic E-state index is -3.64. The molecule has 0 spiro atoms. The highest BCUT2D eigenvalue weighted by atomic mass is 127. The molecule has 1 atom stereocenters. The van der Waals surface area contributed by atoms with Crippen molar-refractivity contribution in [3.05, 3.63) is 56.7 Å². The van der Waals surface area contributed by atoms with Crippen LogP contribution in [0.25, 0.3) is 0 Å². The summed E-state index contributed by atoms with van der Waals surface area (Å²) in [6.07, 6.45) is 1.49. The van der Waals surface area contributed by atoms with Crippen LogP contribution in [0.2, 0.25) is 0 Å². The lowest BCUT2D eigenvalue weighted by Crippen LogP contribution is -2.47. The Morgan fingerprint density at radius 3 is 2.26 bits per heavy atom. The summed E-state index contributed by atoms with van der Waals surface area (Å²) in [6.45, 7) is 7.61. The van der Waals surface area contributed by atoms with Crippen molar-refractivity contribution in [1.82, 2.24) is 0 Å². The summed E-state index contributed by atoms with van der Waals surface area (Å²) in [4.78, 5) is 13.0. The van der Waals surface area contributed by atoms with Crippen molar-refractivity contribution >= 4 is 49.9 Å². The molecule has 0 fully saturated rings. The molecule has 1 N–H and O–H groups in total. The van der Waals surface area contributed by atoms with Crippen molar-refractivity contribution in [2.24, 2.45) is 0 Å². The summed E-state index contributed by atoms with van der Waals surface area (Å²) in [5.41, 5.74) is 4.17. The summed E-state index contributed by atoms with van der Waals surface area (Å²) in [7, 11) is -3.64. The van der Waals surface area contributed by atoms with Gasteiger partial charge in [-0.05, 0) is 96.8 Å². The number of aryl methyl sites for hydroxylation is 3. The SMILES string of the molecule is CCC(C(=O)Nc1ccc(I)cc1C)N(c1ccc(C)c(C)c1)S(C)(=O)=O. The van der Waals surface area contributed by atoms with E-state index < -0.39 is 16.1 Å². The van der Waals surface area contributed by atoms with Gasteiger partial charge >= 0.3 is 0 Å². The Bertz CT molecular complexity index is 958. The fourth-order valence-corrected chi connectivity index (χ4v) is 4.76. The lowest BCUT2D eigenvalue weighted by Gasteiger charge is -2.30.